The normalized spacial score (nSPS) is 10.2. The molecule has 0 fully saturated rings. The number of amides is 1. The van der Waals surface area contributed by atoms with Gasteiger partial charge in [-0.1, -0.05) is 6.92 Å². The number of hydrogen-bond donors (Lipinski definition) is 2. The topological polar surface area (TPSA) is 76.1 Å². The molecule has 0 spiro atoms. The molecule has 1 heterocycles. The lowest BCUT2D eigenvalue weighted by molar-refractivity contribution is 0.0945. The standard InChI is InChI=1S/C13H22N4O2/c1-3-8-14-12-7-6-11(16-17-12)13(18)15-9-4-5-10-19-2/h6-7H,3-5,8-10H2,1-2H3,(H,14,17)(H,15,18). The second kappa shape index (κ2) is 9.27. The molecule has 0 saturated heterocycles. The van der Waals surface area contributed by atoms with Crippen LogP contribution in [0.1, 0.15) is 36.7 Å². The first-order valence-electron chi connectivity index (χ1n) is 6.62. The van der Waals surface area contributed by atoms with E-state index in [1.165, 1.54) is 0 Å². The second-order valence-corrected chi connectivity index (χ2v) is 4.19. The molecule has 6 heteroatoms. The minimum Gasteiger partial charge on any atom is -0.385 e. The Morgan fingerprint density at radius 2 is 2.11 bits per heavy atom. The zero-order valence-corrected chi connectivity index (χ0v) is 11.6. The van der Waals surface area contributed by atoms with E-state index in [0.717, 1.165) is 25.8 Å². The smallest absolute Gasteiger partial charge is 0.271 e. The highest BCUT2D eigenvalue weighted by Crippen LogP contribution is 2.02. The average Bonchev–Trinajstić information content (AvgIpc) is 2.45. The summed E-state index contributed by atoms with van der Waals surface area (Å²) in [6.45, 7) is 4.26. The highest BCUT2D eigenvalue weighted by Gasteiger charge is 2.06. The lowest BCUT2D eigenvalue weighted by Crippen LogP contribution is -2.25. The van der Waals surface area contributed by atoms with Crippen molar-refractivity contribution in [3.8, 4) is 0 Å². The molecular weight excluding hydrogens is 244 g/mol. The van der Waals surface area contributed by atoms with E-state index in [9.17, 15) is 4.79 Å². The van der Waals surface area contributed by atoms with Crippen molar-refractivity contribution in [2.24, 2.45) is 0 Å². The van der Waals surface area contributed by atoms with Crippen molar-refractivity contribution in [3.63, 3.8) is 0 Å². The van der Waals surface area contributed by atoms with Crippen LogP contribution in [0.5, 0.6) is 0 Å². The molecule has 1 aromatic rings. The molecule has 1 rings (SSSR count). The van der Waals surface area contributed by atoms with Gasteiger partial charge in [-0.25, -0.2) is 0 Å². The van der Waals surface area contributed by atoms with Crippen LogP contribution < -0.4 is 10.6 Å². The van der Waals surface area contributed by atoms with E-state index in [4.69, 9.17) is 4.74 Å². The van der Waals surface area contributed by atoms with Crippen LogP contribution >= 0.6 is 0 Å². The largest absolute Gasteiger partial charge is 0.385 e. The van der Waals surface area contributed by atoms with Crippen molar-refractivity contribution in [2.75, 3.05) is 32.1 Å². The number of rotatable bonds is 9. The first-order chi connectivity index (χ1) is 9.27. The summed E-state index contributed by atoms with van der Waals surface area (Å²) in [7, 11) is 1.67. The number of anilines is 1. The zero-order valence-electron chi connectivity index (χ0n) is 11.6. The van der Waals surface area contributed by atoms with Gasteiger partial charge >= 0.3 is 0 Å². The number of ether oxygens (including phenoxy) is 1. The molecule has 0 atom stereocenters. The van der Waals surface area contributed by atoms with Crippen molar-refractivity contribution >= 4 is 11.7 Å². The molecule has 6 nitrogen and oxygen atoms in total. The Bertz CT molecular complexity index is 367. The maximum Gasteiger partial charge on any atom is 0.271 e. The first-order valence-corrected chi connectivity index (χ1v) is 6.62. The van der Waals surface area contributed by atoms with Crippen LogP contribution in [0.2, 0.25) is 0 Å². The quantitative estimate of drug-likeness (QED) is 0.662. The molecule has 106 valence electrons. The third-order valence-corrected chi connectivity index (χ3v) is 2.51. The van der Waals surface area contributed by atoms with Gasteiger partial charge in [0, 0.05) is 26.8 Å². The van der Waals surface area contributed by atoms with Gasteiger partial charge in [0.25, 0.3) is 5.91 Å². The maximum atomic E-state index is 11.7. The van der Waals surface area contributed by atoms with Gasteiger partial charge in [0.15, 0.2) is 5.69 Å². The van der Waals surface area contributed by atoms with Crippen LogP contribution in [0, 0.1) is 0 Å². The van der Waals surface area contributed by atoms with Crippen molar-refractivity contribution in [3.05, 3.63) is 17.8 Å². The van der Waals surface area contributed by atoms with Gasteiger partial charge in [-0.15, -0.1) is 10.2 Å². The van der Waals surface area contributed by atoms with E-state index in [-0.39, 0.29) is 5.91 Å². The summed E-state index contributed by atoms with van der Waals surface area (Å²) in [4.78, 5) is 11.7. The molecule has 2 N–H and O–H groups in total. The lowest BCUT2D eigenvalue weighted by Gasteiger charge is -2.05. The van der Waals surface area contributed by atoms with Crippen molar-refractivity contribution in [1.29, 1.82) is 0 Å². The molecule has 0 unspecified atom stereocenters. The Kier molecular flexibility index (Phi) is 7.50. The Morgan fingerprint density at radius 3 is 2.74 bits per heavy atom. The van der Waals surface area contributed by atoms with Gasteiger partial charge in [-0.3, -0.25) is 4.79 Å². The number of hydrogen-bond acceptors (Lipinski definition) is 5. The highest BCUT2D eigenvalue weighted by molar-refractivity contribution is 5.92. The fourth-order valence-corrected chi connectivity index (χ4v) is 1.46. The Balaban J connectivity index is 2.32. The minimum absolute atomic E-state index is 0.188. The van der Waals surface area contributed by atoms with Gasteiger partial charge in [0.05, 0.1) is 0 Å². The summed E-state index contributed by atoms with van der Waals surface area (Å²) in [6.07, 6.45) is 2.84. The summed E-state index contributed by atoms with van der Waals surface area (Å²) in [6, 6.07) is 3.44. The molecule has 1 amide bonds. The summed E-state index contributed by atoms with van der Waals surface area (Å²) in [5.41, 5.74) is 0.341. The SMILES string of the molecule is CCCNc1ccc(C(=O)NCCCCOC)nn1. The number of nitrogens with one attached hydrogen (secondary N) is 2. The van der Waals surface area contributed by atoms with Crippen LogP contribution in [-0.4, -0.2) is 42.9 Å². The van der Waals surface area contributed by atoms with Gasteiger partial charge in [0.2, 0.25) is 0 Å². The molecule has 0 aliphatic carbocycles. The number of aromatic nitrogens is 2. The van der Waals surface area contributed by atoms with Gasteiger partial charge in [0.1, 0.15) is 5.82 Å². The summed E-state index contributed by atoms with van der Waals surface area (Å²) >= 11 is 0. The van der Waals surface area contributed by atoms with Crippen molar-refractivity contribution in [2.45, 2.75) is 26.2 Å². The Hall–Kier alpha value is -1.69. The van der Waals surface area contributed by atoms with E-state index in [0.29, 0.717) is 24.7 Å². The molecule has 19 heavy (non-hydrogen) atoms. The van der Waals surface area contributed by atoms with Gasteiger partial charge in [-0.05, 0) is 31.4 Å². The van der Waals surface area contributed by atoms with E-state index in [1.807, 2.05) is 0 Å². The lowest BCUT2D eigenvalue weighted by atomic mass is 10.3. The minimum atomic E-state index is -0.188. The van der Waals surface area contributed by atoms with E-state index in [1.54, 1.807) is 19.2 Å². The van der Waals surface area contributed by atoms with E-state index >= 15 is 0 Å². The average molecular weight is 266 g/mol. The molecule has 0 aromatic carbocycles. The predicted molar refractivity (Wildman–Crippen MR) is 74.3 cm³/mol. The molecule has 0 radical (unpaired) electrons. The molecule has 0 bridgehead atoms. The number of unbranched alkanes of at least 4 members (excludes halogenated alkanes) is 1. The Labute approximate surface area is 113 Å². The van der Waals surface area contributed by atoms with Crippen molar-refractivity contribution in [1.82, 2.24) is 15.5 Å². The summed E-state index contributed by atoms with van der Waals surface area (Å²) in [5, 5.41) is 13.8. The first kappa shape index (κ1) is 15.4. The van der Waals surface area contributed by atoms with Crippen LogP contribution in [0.15, 0.2) is 12.1 Å². The number of carbonyl (C=O) groups excluding carboxylic acids is 1. The molecule has 1 aromatic heterocycles. The summed E-state index contributed by atoms with van der Waals surface area (Å²) < 4.78 is 4.94. The van der Waals surface area contributed by atoms with Crippen LogP contribution in [0.3, 0.4) is 0 Å². The van der Waals surface area contributed by atoms with E-state index in [2.05, 4.69) is 27.8 Å². The maximum absolute atomic E-state index is 11.7. The monoisotopic (exact) mass is 266 g/mol. The number of carbonyl (C=O) groups is 1. The van der Waals surface area contributed by atoms with Crippen LogP contribution in [0.25, 0.3) is 0 Å². The third-order valence-electron chi connectivity index (χ3n) is 2.51. The molecule has 0 aliphatic heterocycles. The molecular formula is C13H22N4O2. The zero-order chi connectivity index (χ0) is 13.9. The fourth-order valence-electron chi connectivity index (χ4n) is 1.46. The fraction of sp³-hybridized carbons (Fsp3) is 0.615. The third kappa shape index (κ3) is 6.15. The van der Waals surface area contributed by atoms with Crippen molar-refractivity contribution < 1.29 is 9.53 Å². The predicted octanol–water partition coefficient (Wildman–Crippen LogP) is 1.45. The van der Waals surface area contributed by atoms with Gasteiger partial charge < -0.3 is 15.4 Å². The van der Waals surface area contributed by atoms with Gasteiger partial charge in [-0.2, -0.15) is 0 Å². The van der Waals surface area contributed by atoms with E-state index < -0.39 is 0 Å². The Morgan fingerprint density at radius 1 is 1.26 bits per heavy atom. The summed E-state index contributed by atoms with van der Waals surface area (Å²) in [5.74, 6) is 0.505. The van der Waals surface area contributed by atoms with Crippen LogP contribution in [0.4, 0.5) is 5.82 Å². The molecule has 0 aliphatic rings. The number of nitrogens with zero attached hydrogens (tertiary/aromatic N) is 2. The number of methoxy groups -OCH3 is 1. The molecule has 0 saturated carbocycles. The second-order valence-electron chi connectivity index (χ2n) is 4.19. The highest BCUT2D eigenvalue weighted by atomic mass is 16.5. The van der Waals surface area contributed by atoms with Crippen LogP contribution in [-0.2, 0) is 4.74 Å².